The smallest absolute Gasteiger partial charge is 0.410 e. The van der Waals surface area contributed by atoms with Crippen molar-refractivity contribution in [1.29, 1.82) is 0 Å². The third-order valence-electron chi connectivity index (χ3n) is 4.83. The molecule has 2 aliphatic rings. The Morgan fingerprint density at radius 3 is 2.64 bits per heavy atom. The van der Waals surface area contributed by atoms with Crippen LogP contribution in [0.3, 0.4) is 0 Å². The second kappa shape index (κ2) is 7.36. The number of hydrogen-bond donors (Lipinski definition) is 0. The van der Waals surface area contributed by atoms with Crippen molar-refractivity contribution in [2.24, 2.45) is 5.92 Å². The van der Waals surface area contributed by atoms with Gasteiger partial charge in [0.25, 0.3) is 0 Å². The summed E-state index contributed by atoms with van der Waals surface area (Å²) in [5.74, 6) is 0.0889. The zero-order chi connectivity index (χ0) is 18.0. The molecule has 6 heteroatoms. The maximum atomic E-state index is 13.1. The number of carbonyl (C=O) groups excluding carboxylic acids is 2. The molecule has 0 aromatic carbocycles. The van der Waals surface area contributed by atoms with Crippen LogP contribution in [0.25, 0.3) is 0 Å². The van der Waals surface area contributed by atoms with Gasteiger partial charge in [0.05, 0.1) is 12.0 Å². The van der Waals surface area contributed by atoms with E-state index in [9.17, 15) is 9.59 Å². The van der Waals surface area contributed by atoms with E-state index in [1.807, 2.05) is 31.7 Å². The maximum absolute atomic E-state index is 13.1. The topological polar surface area (TPSA) is 49.9 Å². The van der Waals surface area contributed by atoms with Crippen molar-refractivity contribution in [3.05, 3.63) is 22.4 Å². The van der Waals surface area contributed by atoms with Crippen LogP contribution in [-0.2, 0) is 9.53 Å². The molecule has 0 spiro atoms. The first-order valence-electron chi connectivity index (χ1n) is 9.17. The van der Waals surface area contributed by atoms with E-state index in [1.165, 1.54) is 4.88 Å². The first kappa shape index (κ1) is 18.2. The van der Waals surface area contributed by atoms with Crippen LogP contribution in [0.5, 0.6) is 0 Å². The molecular weight excluding hydrogens is 336 g/mol. The first-order valence-corrected chi connectivity index (χ1v) is 10.0. The molecule has 1 aromatic rings. The third kappa shape index (κ3) is 4.35. The summed E-state index contributed by atoms with van der Waals surface area (Å²) in [7, 11) is 0. The Bertz CT molecular complexity index is 609. The predicted molar refractivity (Wildman–Crippen MR) is 98.5 cm³/mol. The van der Waals surface area contributed by atoms with Crippen molar-refractivity contribution in [1.82, 2.24) is 9.80 Å². The summed E-state index contributed by atoms with van der Waals surface area (Å²) >= 11 is 1.72. The number of nitrogens with zero attached hydrogens (tertiary/aromatic N) is 2. The summed E-state index contributed by atoms with van der Waals surface area (Å²) in [5.41, 5.74) is -0.507. The Hall–Kier alpha value is -1.56. The molecule has 25 heavy (non-hydrogen) atoms. The van der Waals surface area contributed by atoms with Gasteiger partial charge in [-0.05, 0) is 57.9 Å². The average Bonchev–Trinajstić information content (AvgIpc) is 3.23. The van der Waals surface area contributed by atoms with E-state index in [0.29, 0.717) is 13.1 Å². The highest BCUT2D eigenvalue weighted by Gasteiger charge is 2.37. The number of piperidine rings is 1. The van der Waals surface area contributed by atoms with Gasteiger partial charge < -0.3 is 14.5 Å². The summed E-state index contributed by atoms with van der Waals surface area (Å²) in [6.45, 7) is 7.58. The SMILES string of the molecule is CC(C)(C)OC(=O)N1CCC[C@H](C(=O)N2CCC[C@@H]2c2cccs2)C1. The molecule has 0 saturated carbocycles. The van der Waals surface area contributed by atoms with Gasteiger partial charge in [-0.3, -0.25) is 4.79 Å². The fourth-order valence-electron chi connectivity index (χ4n) is 3.71. The number of thiophene rings is 1. The highest BCUT2D eigenvalue weighted by Crippen LogP contribution is 2.36. The summed E-state index contributed by atoms with van der Waals surface area (Å²) < 4.78 is 5.47. The lowest BCUT2D eigenvalue weighted by molar-refractivity contribution is -0.138. The second-order valence-corrected chi connectivity index (χ2v) is 8.95. The number of hydrogen-bond acceptors (Lipinski definition) is 4. The molecular formula is C19H28N2O3S. The number of likely N-dealkylation sites (tertiary alicyclic amines) is 2. The largest absolute Gasteiger partial charge is 0.444 e. The second-order valence-electron chi connectivity index (χ2n) is 7.97. The molecule has 138 valence electrons. The minimum atomic E-state index is -0.507. The molecule has 0 N–H and O–H groups in total. The summed E-state index contributed by atoms with van der Waals surface area (Å²) in [6.07, 6.45) is 3.49. The van der Waals surface area contributed by atoms with Crippen LogP contribution in [0, 0.1) is 5.92 Å². The fraction of sp³-hybridized carbons (Fsp3) is 0.684. The van der Waals surface area contributed by atoms with E-state index < -0.39 is 5.60 Å². The molecule has 2 aliphatic heterocycles. The minimum Gasteiger partial charge on any atom is -0.444 e. The zero-order valence-electron chi connectivity index (χ0n) is 15.4. The van der Waals surface area contributed by atoms with Gasteiger partial charge in [0.2, 0.25) is 5.91 Å². The lowest BCUT2D eigenvalue weighted by Crippen LogP contribution is -2.47. The molecule has 0 aliphatic carbocycles. The van der Waals surface area contributed by atoms with Gasteiger partial charge in [0, 0.05) is 24.5 Å². The minimum absolute atomic E-state index is 0.109. The van der Waals surface area contributed by atoms with E-state index >= 15 is 0 Å². The van der Waals surface area contributed by atoms with Crippen molar-refractivity contribution >= 4 is 23.3 Å². The van der Waals surface area contributed by atoms with Crippen molar-refractivity contribution in [3.63, 3.8) is 0 Å². The summed E-state index contributed by atoms with van der Waals surface area (Å²) in [6, 6.07) is 4.38. The summed E-state index contributed by atoms with van der Waals surface area (Å²) in [4.78, 5) is 30.5. The molecule has 3 heterocycles. The third-order valence-corrected chi connectivity index (χ3v) is 5.80. The molecule has 2 atom stereocenters. The molecule has 2 saturated heterocycles. The van der Waals surface area contributed by atoms with Crippen molar-refractivity contribution in [2.45, 2.75) is 58.1 Å². The Morgan fingerprint density at radius 2 is 1.96 bits per heavy atom. The van der Waals surface area contributed by atoms with Crippen LogP contribution in [0.2, 0.25) is 0 Å². The number of amides is 2. The zero-order valence-corrected chi connectivity index (χ0v) is 16.2. The van der Waals surface area contributed by atoms with Gasteiger partial charge in [-0.15, -0.1) is 11.3 Å². The van der Waals surface area contributed by atoms with E-state index in [2.05, 4.69) is 11.4 Å². The molecule has 0 bridgehead atoms. The monoisotopic (exact) mass is 364 g/mol. The van der Waals surface area contributed by atoms with Crippen molar-refractivity contribution in [3.8, 4) is 0 Å². The molecule has 5 nitrogen and oxygen atoms in total. The van der Waals surface area contributed by atoms with Crippen molar-refractivity contribution < 1.29 is 14.3 Å². The highest BCUT2D eigenvalue weighted by molar-refractivity contribution is 7.10. The summed E-state index contributed by atoms with van der Waals surface area (Å²) in [5, 5.41) is 2.07. The van der Waals surface area contributed by atoms with E-state index in [0.717, 1.165) is 32.2 Å². The maximum Gasteiger partial charge on any atom is 0.410 e. The van der Waals surface area contributed by atoms with Crippen LogP contribution in [0.1, 0.15) is 57.4 Å². The van der Waals surface area contributed by atoms with Crippen molar-refractivity contribution in [2.75, 3.05) is 19.6 Å². The predicted octanol–water partition coefficient (Wildman–Crippen LogP) is 4.06. The average molecular weight is 365 g/mol. The van der Waals surface area contributed by atoms with Crippen LogP contribution < -0.4 is 0 Å². The number of rotatable bonds is 2. The molecule has 2 amide bonds. The Labute approximate surface area is 153 Å². The number of ether oxygens (including phenoxy) is 1. The van der Waals surface area contributed by atoms with Gasteiger partial charge in [-0.25, -0.2) is 4.79 Å². The Kier molecular flexibility index (Phi) is 5.37. The molecule has 3 rings (SSSR count). The standard InChI is InChI=1S/C19H28N2O3S/c1-19(2,3)24-18(23)20-10-4-7-14(13-20)17(22)21-11-5-8-15(21)16-9-6-12-25-16/h6,9,12,14-15H,4-5,7-8,10-11,13H2,1-3H3/t14-,15+/m0/s1. The highest BCUT2D eigenvalue weighted by atomic mass is 32.1. The lowest BCUT2D eigenvalue weighted by atomic mass is 9.96. The fourth-order valence-corrected chi connectivity index (χ4v) is 4.59. The molecule has 0 radical (unpaired) electrons. The molecule has 2 fully saturated rings. The van der Waals surface area contributed by atoms with E-state index in [4.69, 9.17) is 4.74 Å². The van der Waals surface area contributed by atoms with Crippen LogP contribution >= 0.6 is 11.3 Å². The van der Waals surface area contributed by atoms with Gasteiger partial charge in [0.1, 0.15) is 5.60 Å². The lowest BCUT2D eigenvalue weighted by Gasteiger charge is -2.36. The van der Waals surface area contributed by atoms with Crippen LogP contribution in [0.4, 0.5) is 4.79 Å². The van der Waals surface area contributed by atoms with Gasteiger partial charge in [-0.2, -0.15) is 0 Å². The molecule has 1 aromatic heterocycles. The van der Waals surface area contributed by atoms with Gasteiger partial charge in [-0.1, -0.05) is 6.07 Å². The Morgan fingerprint density at radius 1 is 1.20 bits per heavy atom. The normalized spacial score (nSPS) is 24.4. The van der Waals surface area contributed by atoms with E-state index in [-0.39, 0.29) is 24.0 Å². The quantitative estimate of drug-likeness (QED) is 0.795. The van der Waals surface area contributed by atoms with Crippen LogP contribution in [-0.4, -0.2) is 47.0 Å². The molecule has 0 unspecified atom stereocenters. The van der Waals surface area contributed by atoms with Gasteiger partial charge >= 0.3 is 6.09 Å². The Balaban J connectivity index is 1.64. The number of carbonyl (C=O) groups is 2. The van der Waals surface area contributed by atoms with E-state index in [1.54, 1.807) is 16.2 Å². The first-order chi connectivity index (χ1) is 11.8. The van der Waals surface area contributed by atoms with Crippen LogP contribution in [0.15, 0.2) is 17.5 Å². The van der Waals surface area contributed by atoms with Gasteiger partial charge in [0.15, 0.2) is 0 Å².